The molecule has 0 aliphatic carbocycles. The van der Waals surface area contributed by atoms with Crippen LogP contribution < -0.4 is 9.47 Å². The lowest BCUT2D eigenvalue weighted by Crippen LogP contribution is -2.17. The lowest BCUT2D eigenvalue weighted by atomic mass is 10.1. The average molecular weight is 432 g/mol. The number of benzene rings is 2. The van der Waals surface area contributed by atoms with E-state index < -0.39 is 34.3 Å². The lowest BCUT2D eigenvalue weighted by Gasteiger charge is -2.12. The first-order valence-electron chi connectivity index (χ1n) is 8.60. The number of carboxylic acid groups (broad SMARTS) is 1. The van der Waals surface area contributed by atoms with Gasteiger partial charge in [0.1, 0.15) is 11.5 Å². The van der Waals surface area contributed by atoms with Crippen LogP contribution >= 0.6 is 0 Å². The largest absolute Gasteiger partial charge is 0.573 e. The van der Waals surface area contributed by atoms with Gasteiger partial charge in [-0.25, -0.2) is 8.42 Å². The van der Waals surface area contributed by atoms with Gasteiger partial charge >= 0.3 is 12.3 Å². The SMILES string of the molecule is CCCCOc1cc(CC(=O)O)cc(S(=O)(=O)c2ccc(OC(F)(F)F)cc2)c1. The standard InChI is InChI=1S/C19H19F3O6S/c1-2-3-8-27-15-9-13(11-18(23)24)10-17(12-15)29(25,26)16-6-4-14(5-7-16)28-19(20,21)22/h4-7,9-10,12H,2-3,8,11H2,1H3,(H,23,24). The van der Waals surface area contributed by atoms with Gasteiger partial charge in [-0.15, -0.1) is 13.2 Å². The summed E-state index contributed by atoms with van der Waals surface area (Å²) in [7, 11) is -4.12. The Kier molecular flexibility index (Phi) is 7.12. The number of sulfone groups is 1. The van der Waals surface area contributed by atoms with Crippen molar-refractivity contribution in [3.8, 4) is 11.5 Å². The summed E-state index contributed by atoms with van der Waals surface area (Å²) in [5.74, 6) is -1.50. The Morgan fingerprint density at radius 1 is 1.03 bits per heavy atom. The quantitative estimate of drug-likeness (QED) is 0.597. The number of halogens is 3. The molecule has 0 heterocycles. The minimum Gasteiger partial charge on any atom is -0.494 e. The normalized spacial score (nSPS) is 11.9. The zero-order chi connectivity index (χ0) is 21.7. The molecular formula is C19H19F3O6S. The first kappa shape index (κ1) is 22.5. The van der Waals surface area contributed by atoms with Crippen LogP contribution in [0.15, 0.2) is 52.3 Å². The van der Waals surface area contributed by atoms with E-state index in [1.54, 1.807) is 0 Å². The van der Waals surface area contributed by atoms with Crippen molar-refractivity contribution in [2.24, 2.45) is 0 Å². The predicted molar refractivity (Wildman–Crippen MR) is 96.8 cm³/mol. The van der Waals surface area contributed by atoms with E-state index in [9.17, 15) is 26.4 Å². The first-order valence-corrected chi connectivity index (χ1v) is 10.1. The summed E-state index contributed by atoms with van der Waals surface area (Å²) in [6.07, 6.45) is -3.72. The first-order chi connectivity index (χ1) is 13.5. The summed E-state index contributed by atoms with van der Waals surface area (Å²) in [6.45, 7) is 2.28. The Morgan fingerprint density at radius 3 is 2.24 bits per heavy atom. The van der Waals surface area contributed by atoms with Crippen LogP contribution in [0.4, 0.5) is 13.2 Å². The van der Waals surface area contributed by atoms with E-state index in [1.165, 1.54) is 18.2 Å². The van der Waals surface area contributed by atoms with Crippen molar-refractivity contribution in [1.29, 1.82) is 0 Å². The number of ether oxygens (including phenoxy) is 2. The fourth-order valence-electron chi connectivity index (χ4n) is 2.44. The summed E-state index contributed by atoms with van der Waals surface area (Å²) in [5, 5.41) is 9.01. The smallest absolute Gasteiger partial charge is 0.494 e. The maximum atomic E-state index is 12.9. The molecule has 158 valence electrons. The fraction of sp³-hybridized carbons (Fsp3) is 0.316. The van der Waals surface area contributed by atoms with Gasteiger partial charge < -0.3 is 14.6 Å². The fourth-order valence-corrected chi connectivity index (χ4v) is 3.78. The molecule has 1 N–H and O–H groups in total. The second kappa shape index (κ2) is 9.17. The van der Waals surface area contributed by atoms with Gasteiger partial charge in [-0.1, -0.05) is 13.3 Å². The van der Waals surface area contributed by atoms with Crippen LogP contribution in [-0.4, -0.2) is 32.5 Å². The highest BCUT2D eigenvalue weighted by atomic mass is 32.2. The zero-order valence-corrected chi connectivity index (χ0v) is 16.2. The van der Waals surface area contributed by atoms with Crippen molar-refractivity contribution in [2.45, 2.75) is 42.3 Å². The van der Waals surface area contributed by atoms with Gasteiger partial charge in [0.15, 0.2) is 0 Å². The van der Waals surface area contributed by atoms with Crippen LogP contribution in [0, 0.1) is 0 Å². The average Bonchev–Trinajstić information content (AvgIpc) is 2.60. The van der Waals surface area contributed by atoms with E-state index in [-0.39, 0.29) is 21.1 Å². The molecule has 0 bridgehead atoms. The van der Waals surface area contributed by atoms with Crippen molar-refractivity contribution in [3.05, 3.63) is 48.0 Å². The highest BCUT2D eigenvalue weighted by Gasteiger charge is 2.31. The monoisotopic (exact) mass is 432 g/mol. The van der Waals surface area contributed by atoms with Gasteiger partial charge in [-0.05, 0) is 54.4 Å². The summed E-state index contributed by atoms with van der Waals surface area (Å²) in [4.78, 5) is 10.5. The molecule has 0 unspecified atom stereocenters. The van der Waals surface area contributed by atoms with Crippen LogP contribution in [-0.2, 0) is 21.1 Å². The molecule has 0 atom stereocenters. The second-order valence-electron chi connectivity index (χ2n) is 6.11. The molecule has 0 radical (unpaired) electrons. The predicted octanol–water partition coefficient (Wildman–Crippen LogP) is 4.22. The van der Waals surface area contributed by atoms with Crippen LogP contribution in [0.3, 0.4) is 0 Å². The van der Waals surface area contributed by atoms with Crippen LogP contribution in [0.5, 0.6) is 11.5 Å². The van der Waals surface area contributed by atoms with Gasteiger partial charge in [-0.3, -0.25) is 4.79 Å². The zero-order valence-electron chi connectivity index (χ0n) is 15.4. The highest BCUT2D eigenvalue weighted by molar-refractivity contribution is 7.91. The summed E-state index contributed by atoms with van der Waals surface area (Å²) in [5.41, 5.74) is 0.224. The maximum Gasteiger partial charge on any atom is 0.573 e. The van der Waals surface area contributed by atoms with Crippen LogP contribution in [0.25, 0.3) is 0 Å². The number of carbonyl (C=O) groups is 1. The van der Waals surface area contributed by atoms with Gasteiger partial charge in [0.05, 0.1) is 22.8 Å². The number of hydrogen-bond acceptors (Lipinski definition) is 5. The Balaban J connectivity index is 2.38. The third-order valence-electron chi connectivity index (χ3n) is 3.74. The van der Waals surface area contributed by atoms with Crippen LogP contribution in [0.2, 0.25) is 0 Å². The van der Waals surface area contributed by atoms with Crippen molar-refractivity contribution < 1.29 is 41.0 Å². The lowest BCUT2D eigenvalue weighted by molar-refractivity contribution is -0.274. The van der Waals surface area contributed by atoms with E-state index in [0.717, 1.165) is 37.1 Å². The number of aliphatic carboxylic acids is 1. The van der Waals surface area contributed by atoms with Crippen molar-refractivity contribution >= 4 is 15.8 Å². The molecule has 6 nitrogen and oxygen atoms in total. The maximum absolute atomic E-state index is 12.9. The molecule has 2 aromatic rings. The number of unbranched alkanes of at least 4 members (excludes halogenated alkanes) is 1. The topological polar surface area (TPSA) is 89.9 Å². The molecule has 10 heteroatoms. The minimum absolute atomic E-state index is 0.202. The third-order valence-corrected chi connectivity index (χ3v) is 5.49. The second-order valence-corrected chi connectivity index (χ2v) is 8.06. The van der Waals surface area contributed by atoms with E-state index in [1.807, 2.05) is 6.92 Å². The van der Waals surface area contributed by atoms with Crippen molar-refractivity contribution in [3.63, 3.8) is 0 Å². The molecule has 0 fully saturated rings. The summed E-state index contributed by atoms with van der Waals surface area (Å²) in [6, 6.07) is 7.66. The highest BCUT2D eigenvalue weighted by Crippen LogP contribution is 2.29. The number of alkyl halides is 3. The Labute approximate surface area is 165 Å². The Hall–Kier alpha value is -2.75. The molecule has 0 aliphatic heterocycles. The Morgan fingerprint density at radius 2 is 1.69 bits per heavy atom. The molecule has 0 spiro atoms. The van der Waals surface area contributed by atoms with E-state index in [4.69, 9.17) is 9.84 Å². The Bertz CT molecular complexity index is 953. The van der Waals surface area contributed by atoms with E-state index in [0.29, 0.717) is 6.61 Å². The summed E-state index contributed by atoms with van der Waals surface area (Å²) >= 11 is 0. The van der Waals surface area contributed by atoms with Crippen molar-refractivity contribution in [1.82, 2.24) is 0 Å². The molecule has 0 amide bonds. The molecule has 29 heavy (non-hydrogen) atoms. The van der Waals surface area contributed by atoms with Crippen LogP contribution in [0.1, 0.15) is 25.3 Å². The minimum atomic E-state index is -4.89. The van der Waals surface area contributed by atoms with Gasteiger partial charge in [0, 0.05) is 0 Å². The van der Waals surface area contributed by atoms with E-state index in [2.05, 4.69) is 4.74 Å². The van der Waals surface area contributed by atoms with Gasteiger partial charge in [-0.2, -0.15) is 0 Å². The molecule has 0 saturated carbocycles. The number of rotatable bonds is 9. The van der Waals surface area contributed by atoms with Crippen molar-refractivity contribution in [2.75, 3.05) is 6.61 Å². The molecule has 0 aromatic heterocycles. The molecule has 2 rings (SSSR count). The van der Waals surface area contributed by atoms with Gasteiger partial charge in [0.25, 0.3) is 0 Å². The molecule has 0 saturated heterocycles. The third kappa shape index (κ3) is 6.67. The number of carboxylic acids is 1. The molecule has 0 aliphatic rings. The number of hydrogen-bond donors (Lipinski definition) is 1. The molecule has 2 aromatic carbocycles. The van der Waals surface area contributed by atoms with Gasteiger partial charge in [0.2, 0.25) is 9.84 Å². The summed E-state index contributed by atoms with van der Waals surface area (Å²) < 4.78 is 71.8. The van der Waals surface area contributed by atoms with E-state index >= 15 is 0 Å². The molecular weight excluding hydrogens is 413 g/mol.